The van der Waals surface area contributed by atoms with Crippen molar-refractivity contribution in [2.45, 2.75) is 58.0 Å². The second kappa shape index (κ2) is 9.11. The highest BCUT2D eigenvalue weighted by molar-refractivity contribution is 7.99. The molecular formula is C25H27N5O2S2. The lowest BCUT2D eigenvalue weighted by Gasteiger charge is -2.17. The third-order valence-corrected chi connectivity index (χ3v) is 8.27. The number of ketones is 1. The lowest BCUT2D eigenvalue weighted by molar-refractivity contribution is -0.113. The van der Waals surface area contributed by atoms with Crippen LogP contribution in [0.1, 0.15) is 66.7 Å². The first-order valence-corrected chi connectivity index (χ1v) is 13.3. The molecule has 1 aromatic carbocycles. The number of fused-ring (bicyclic) bond motifs is 5. The number of Topliss-reactive ketones (excluding diaryl/α,β-unsaturated/α-hetero) is 1. The maximum absolute atomic E-state index is 12.6. The normalized spacial score (nSPS) is 15.7. The zero-order chi connectivity index (χ0) is 24.0. The van der Waals surface area contributed by atoms with Crippen LogP contribution in [0.25, 0.3) is 15.9 Å². The average molecular weight is 494 g/mol. The number of hydrogen-bond acceptors (Lipinski definition) is 7. The second-order valence-corrected chi connectivity index (χ2v) is 11.3. The van der Waals surface area contributed by atoms with Gasteiger partial charge < -0.3 is 5.32 Å². The molecule has 1 N–H and O–H groups in total. The summed E-state index contributed by atoms with van der Waals surface area (Å²) in [6, 6.07) is 6.97. The van der Waals surface area contributed by atoms with Gasteiger partial charge in [0.15, 0.2) is 16.6 Å². The molecule has 9 heteroatoms. The molecule has 5 rings (SSSR count). The van der Waals surface area contributed by atoms with Gasteiger partial charge in [-0.25, -0.2) is 4.98 Å². The molecule has 1 aliphatic carbocycles. The smallest absolute Gasteiger partial charge is 0.234 e. The zero-order valence-corrected chi connectivity index (χ0v) is 21.3. The van der Waals surface area contributed by atoms with Crippen molar-refractivity contribution in [3.05, 3.63) is 46.1 Å². The third kappa shape index (κ3) is 4.22. The number of rotatable bonds is 6. The number of amides is 1. The van der Waals surface area contributed by atoms with Crippen molar-refractivity contribution < 1.29 is 9.59 Å². The van der Waals surface area contributed by atoms with Gasteiger partial charge in [-0.15, -0.1) is 21.5 Å². The van der Waals surface area contributed by atoms with E-state index in [2.05, 4.69) is 36.3 Å². The molecule has 0 saturated heterocycles. The van der Waals surface area contributed by atoms with Crippen LogP contribution in [0.5, 0.6) is 0 Å². The van der Waals surface area contributed by atoms with Crippen LogP contribution >= 0.6 is 23.1 Å². The van der Waals surface area contributed by atoms with Gasteiger partial charge in [0.1, 0.15) is 10.7 Å². The van der Waals surface area contributed by atoms with Crippen LogP contribution in [-0.4, -0.2) is 37.0 Å². The molecule has 0 unspecified atom stereocenters. The summed E-state index contributed by atoms with van der Waals surface area (Å²) < 4.78 is 2.03. The molecule has 1 atom stereocenters. The molecule has 0 aliphatic heterocycles. The summed E-state index contributed by atoms with van der Waals surface area (Å²) in [7, 11) is 0. The maximum atomic E-state index is 12.6. The minimum absolute atomic E-state index is 0.0366. The number of thiophene rings is 1. The van der Waals surface area contributed by atoms with Gasteiger partial charge in [0.2, 0.25) is 5.91 Å². The molecule has 0 bridgehead atoms. The maximum Gasteiger partial charge on any atom is 0.234 e. The standard InChI is InChI=1S/C25H27N5O2S2/c1-13(2)22-27-24-21(18-9-8-14(3)10-19(18)34-24)23-28-29-25(30(22)23)33-12-20(32)26-17-7-5-6-16(11-17)15(4)31/h5-7,11,13-14H,8-10,12H2,1-4H3,(H,26,32)/t14-/m0/s1. The summed E-state index contributed by atoms with van der Waals surface area (Å²) in [6.45, 7) is 8.05. The highest BCUT2D eigenvalue weighted by Gasteiger charge is 2.26. The third-order valence-electron chi connectivity index (χ3n) is 6.20. The fourth-order valence-electron chi connectivity index (χ4n) is 4.46. The second-order valence-electron chi connectivity index (χ2n) is 9.27. The van der Waals surface area contributed by atoms with E-state index >= 15 is 0 Å². The topological polar surface area (TPSA) is 89.2 Å². The van der Waals surface area contributed by atoms with Gasteiger partial charge in [-0.3, -0.25) is 14.0 Å². The van der Waals surface area contributed by atoms with Gasteiger partial charge in [-0.1, -0.05) is 44.7 Å². The highest BCUT2D eigenvalue weighted by atomic mass is 32.2. The number of thioether (sulfide) groups is 1. The van der Waals surface area contributed by atoms with Crippen molar-refractivity contribution in [3.63, 3.8) is 0 Å². The van der Waals surface area contributed by atoms with E-state index in [1.807, 2.05) is 4.40 Å². The van der Waals surface area contributed by atoms with Gasteiger partial charge >= 0.3 is 0 Å². The number of benzene rings is 1. The lowest BCUT2D eigenvalue weighted by Crippen LogP contribution is -2.15. The number of aryl methyl sites for hydroxylation is 1. The Labute approximate surface area is 206 Å². The first-order chi connectivity index (χ1) is 16.3. The van der Waals surface area contributed by atoms with Crippen molar-refractivity contribution in [3.8, 4) is 0 Å². The molecule has 176 valence electrons. The summed E-state index contributed by atoms with van der Waals surface area (Å²) in [5.41, 5.74) is 3.39. The number of hydrogen-bond donors (Lipinski definition) is 1. The minimum Gasteiger partial charge on any atom is -0.325 e. The monoisotopic (exact) mass is 493 g/mol. The molecule has 3 heterocycles. The van der Waals surface area contributed by atoms with Crippen LogP contribution in [0, 0.1) is 5.92 Å². The molecule has 0 saturated carbocycles. The molecule has 0 spiro atoms. The van der Waals surface area contributed by atoms with Crippen molar-refractivity contribution in [1.82, 2.24) is 19.6 Å². The van der Waals surface area contributed by atoms with Gasteiger partial charge in [0.05, 0.1) is 11.1 Å². The van der Waals surface area contributed by atoms with Crippen LogP contribution in [0.4, 0.5) is 5.69 Å². The number of carbonyl (C=O) groups excluding carboxylic acids is 2. The van der Waals surface area contributed by atoms with Crippen molar-refractivity contribution in [2.75, 3.05) is 11.1 Å². The zero-order valence-electron chi connectivity index (χ0n) is 19.7. The highest BCUT2D eigenvalue weighted by Crippen LogP contribution is 2.40. The molecule has 34 heavy (non-hydrogen) atoms. The molecule has 1 amide bonds. The first kappa shape index (κ1) is 23.0. The largest absolute Gasteiger partial charge is 0.325 e. The van der Waals surface area contributed by atoms with Crippen LogP contribution in [0.2, 0.25) is 0 Å². The molecule has 1 aliphatic rings. The van der Waals surface area contributed by atoms with E-state index in [1.54, 1.807) is 35.6 Å². The predicted molar refractivity (Wildman–Crippen MR) is 137 cm³/mol. The van der Waals surface area contributed by atoms with Crippen molar-refractivity contribution in [2.24, 2.45) is 5.92 Å². The summed E-state index contributed by atoms with van der Waals surface area (Å²) in [5, 5.41) is 13.7. The molecular weight excluding hydrogens is 466 g/mol. The molecule has 0 fully saturated rings. The quantitative estimate of drug-likeness (QED) is 0.281. The lowest BCUT2D eigenvalue weighted by atomic mass is 9.89. The summed E-state index contributed by atoms with van der Waals surface area (Å²) in [6.07, 6.45) is 3.32. The summed E-state index contributed by atoms with van der Waals surface area (Å²) >= 11 is 3.14. The molecule has 0 radical (unpaired) electrons. The predicted octanol–water partition coefficient (Wildman–Crippen LogP) is 5.52. The Hall–Kier alpha value is -2.78. The van der Waals surface area contributed by atoms with Gasteiger partial charge in [-0.05, 0) is 49.8 Å². The van der Waals surface area contributed by atoms with Crippen LogP contribution in [0.3, 0.4) is 0 Å². The Balaban J connectivity index is 1.45. The molecule has 3 aromatic heterocycles. The first-order valence-electron chi connectivity index (χ1n) is 11.5. The number of aromatic nitrogens is 4. The Morgan fingerprint density at radius 2 is 2.12 bits per heavy atom. The van der Waals surface area contributed by atoms with Gasteiger partial charge in [0.25, 0.3) is 0 Å². The van der Waals surface area contributed by atoms with E-state index in [9.17, 15) is 9.59 Å². The number of nitrogens with zero attached hydrogens (tertiary/aromatic N) is 4. The Morgan fingerprint density at radius 1 is 1.29 bits per heavy atom. The Morgan fingerprint density at radius 3 is 2.88 bits per heavy atom. The van der Waals surface area contributed by atoms with Crippen LogP contribution in [-0.2, 0) is 17.6 Å². The van der Waals surface area contributed by atoms with Crippen LogP contribution in [0.15, 0.2) is 29.4 Å². The fourth-order valence-corrected chi connectivity index (χ4v) is 6.59. The Bertz CT molecular complexity index is 1420. The van der Waals surface area contributed by atoms with E-state index in [-0.39, 0.29) is 23.4 Å². The number of anilines is 1. The average Bonchev–Trinajstić information content (AvgIpc) is 3.37. The van der Waals surface area contributed by atoms with E-state index in [0.717, 1.165) is 34.5 Å². The van der Waals surface area contributed by atoms with Crippen LogP contribution < -0.4 is 5.32 Å². The van der Waals surface area contributed by atoms with E-state index in [1.165, 1.54) is 35.5 Å². The molecule has 7 nitrogen and oxygen atoms in total. The summed E-state index contributed by atoms with van der Waals surface area (Å²) in [5.74, 6) is 1.77. The Kier molecular flexibility index (Phi) is 6.16. The van der Waals surface area contributed by atoms with Crippen molar-refractivity contribution in [1.29, 1.82) is 0 Å². The van der Waals surface area contributed by atoms with Crippen molar-refractivity contribution >= 4 is 56.3 Å². The number of nitrogens with one attached hydrogen (secondary N) is 1. The van der Waals surface area contributed by atoms with E-state index < -0.39 is 0 Å². The van der Waals surface area contributed by atoms with E-state index in [4.69, 9.17) is 4.98 Å². The number of carbonyl (C=O) groups is 2. The SMILES string of the molecule is CC(=O)c1cccc(NC(=O)CSc2nnc3c4c5c(sc4nc(C(C)C)n23)C[C@@H](C)CC5)c1. The fraction of sp³-hybridized carbons (Fsp3) is 0.400. The molecule has 4 aromatic rings. The van der Waals surface area contributed by atoms with Gasteiger partial charge in [0, 0.05) is 22.0 Å². The van der Waals surface area contributed by atoms with Gasteiger partial charge in [-0.2, -0.15) is 0 Å². The minimum atomic E-state index is -0.163. The summed E-state index contributed by atoms with van der Waals surface area (Å²) in [4.78, 5) is 31.8. The van der Waals surface area contributed by atoms with E-state index in [0.29, 0.717) is 22.3 Å².